The van der Waals surface area contributed by atoms with Crippen molar-refractivity contribution in [1.29, 1.82) is 0 Å². The molecular weight excluding hydrogens is 754 g/mol. The topological polar surface area (TPSA) is 221 Å². The Morgan fingerprint density at radius 3 is 2.16 bits per heavy atom. The van der Waals surface area contributed by atoms with Crippen LogP contribution in [0.3, 0.4) is 0 Å². The minimum absolute atomic E-state index is 0.00174. The monoisotopic (exact) mass is 807 g/mol. The van der Waals surface area contributed by atoms with E-state index in [0.717, 1.165) is 6.92 Å². The number of hydrogen-bond donors (Lipinski definition) is 4. The summed E-state index contributed by atoms with van der Waals surface area (Å²) in [4.78, 5) is 83.5. The molecule has 6 rings (SSSR count). The standard InChI is InChI=1S/C43H53NO14/c1-22(2)20-54-39(52)44-31(25-14-10-8-11-15-25)33(48)38(51)56-27-19-43(53)36(57-37(50)26-16-12-9-13-17-26)34-41(7,35(49)32(47)30(23(27)3)40(43,5)6)28(46)18-29-42(34,21-55-29)58-24(4)45/h8-17,22-23,27-31,33-34,36,46,48,53H,18-21H2,1-7H3,(H,44,52)/t23?,27?,28-,29+,30?,31-,33?,34-,36-,41+,42-,43+/m0/s1. The molecule has 1 aliphatic heterocycles. The zero-order valence-electron chi connectivity index (χ0n) is 33.7. The molecule has 3 saturated carbocycles. The zero-order chi connectivity index (χ0) is 42.5. The van der Waals surface area contributed by atoms with E-state index in [1.165, 1.54) is 19.1 Å². The molecule has 0 spiro atoms. The Kier molecular flexibility index (Phi) is 11.7. The van der Waals surface area contributed by atoms with E-state index in [1.807, 2.05) is 13.8 Å². The van der Waals surface area contributed by atoms with Crippen molar-refractivity contribution in [3.63, 3.8) is 0 Å². The highest BCUT2D eigenvalue weighted by Crippen LogP contribution is 2.64. The molecule has 1 saturated heterocycles. The van der Waals surface area contributed by atoms with Crippen LogP contribution in [0.2, 0.25) is 0 Å². The fourth-order valence-electron chi connectivity index (χ4n) is 9.85. The van der Waals surface area contributed by atoms with Crippen molar-refractivity contribution < 1.29 is 67.8 Å². The molecule has 12 atom stereocenters. The quantitative estimate of drug-likeness (QED) is 0.154. The Hall–Kier alpha value is -4.70. The summed E-state index contributed by atoms with van der Waals surface area (Å²) in [6.07, 6.45) is -9.42. The molecule has 4 fully saturated rings. The van der Waals surface area contributed by atoms with Crippen molar-refractivity contribution >= 4 is 35.6 Å². The predicted octanol–water partition coefficient (Wildman–Crippen LogP) is 3.26. The summed E-state index contributed by atoms with van der Waals surface area (Å²) in [6, 6.07) is 14.6. The van der Waals surface area contributed by atoms with Crippen LogP contribution in [0.1, 0.15) is 83.3 Å². The largest absolute Gasteiger partial charge is 0.460 e. The van der Waals surface area contributed by atoms with Gasteiger partial charge in [0.15, 0.2) is 11.7 Å². The van der Waals surface area contributed by atoms with Gasteiger partial charge in [-0.15, -0.1) is 0 Å². The van der Waals surface area contributed by atoms with E-state index < -0.39 is 118 Å². The lowest BCUT2D eigenvalue weighted by Crippen LogP contribution is -2.82. The molecule has 15 heteroatoms. The number of amides is 1. The average molecular weight is 808 g/mol. The number of ether oxygens (including phenoxy) is 5. The molecule has 2 aromatic rings. The molecule has 4 unspecified atom stereocenters. The number of aliphatic hydroxyl groups excluding tert-OH is 2. The first-order chi connectivity index (χ1) is 27.2. The molecule has 1 amide bonds. The molecule has 314 valence electrons. The smallest absolute Gasteiger partial charge is 0.407 e. The van der Waals surface area contributed by atoms with Gasteiger partial charge >= 0.3 is 24.0 Å². The predicted molar refractivity (Wildman–Crippen MR) is 203 cm³/mol. The Bertz CT molecular complexity index is 1920. The van der Waals surface area contributed by atoms with E-state index in [-0.39, 0.29) is 31.1 Å². The van der Waals surface area contributed by atoms with Crippen LogP contribution in [0.25, 0.3) is 0 Å². The minimum atomic E-state index is -2.35. The summed E-state index contributed by atoms with van der Waals surface area (Å²) in [5.41, 5.74) is -7.37. The summed E-state index contributed by atoms with van der Waals surface area (Å²) in [5, 5.41) is 39.3. The summed E-state index contributed by atoms with van der Waals surface area (Å²) in [7, 11) is 0. The third-order valence-electron chi connectivity index (χ3n) is 13.0. The third-order valence-corrected chi connectivity index (χ3v) is 13.0. The maximum atomic E-state index is 14.9. The van der Waals surface area contributed by atoms with Crippen molar-refractivity contribution in [3.8, 4) is 0 Å². The van der Waals surface area contributed by atoms with Crippen LogP contribution in [-0.2, 0) is 42.9 Å². The highest BCUT2D eigenvalue weighted by molar-refractivity contribution is 6.40. The number of Topliss-reactive ketones (excluding diaryl/α,β-unsaturated/α-hetero) is 2. The SMILES string of the molecule is CC(=O)O[C@@]12CO[C@@H]1C[C@H](O)[C@@]1(C)C(=O)C(=O)C3C(C)C(OC(=O)C(O)[C@@H](NC(=O)OCC(C)C)c4ccccc4)C[C@@](O)([C@@H](OC(=O)c4ccccc4)[C@H]21)C3(C)C. The maximum Gasteiger partial charge on any atom is 0.407 e. The van der Waals surface area contributed by atoms with Gasteiger partial charge in [0.25, 0.3) is 0 Å². The number of alkyl carbamates (subject to hydrolysis) is 1. The Morgan fingerprint density at radius 1 is 0.966 bits per heavy atom. The second kappa shape index (κ2) is 15.8. The summed E-state index contributed by atoms with van der Waals surface area (Å²) in [6.45, 7) is 10.6. The van der Waals surface area contributed by atoms with E-state index in [1.54, 1.807) is 69.3 Å². The number of fused-ring (bicyclic) bond motifs is 5. The number of nitrogens with one attached hydrogen (secondary N) is 1. The van der Waals surface area contributed by atoms with Crippen LogP contribution in [-0.4, -0.2) is 106 Å². The molecular formula is C43H53NO14. The van der Waals surface area contributed by atoms with Crippen molar-refractivity contribution in [2.24, 2.45) is 34.5 Å². The van der Waals surface area contributed by atoms with Gasteiger partial charge in [0.1, 0.15) is 23.9 Å². The second-order valence-corrected chi connectivity index (χ2v) is 17.4. The summed E-state index contributed by atoms with van der Waals surface area (Å²) < 4.78 is 29.3. The van der Waals surface area contributed by atoms with E-state index >= 15 is 0 Å². The zero-order valence-corrected chi connectivity index (χ0v) is 33.7. The average Bonchev–Trinajstić information content (AvgIpc) is 3.17. The van der Waals surface area contributed by atoms with Crippen molar-refractivity contribution in [2.75, 3.05) is 13.2 Å². The number of esters is 3. The van der Waals surface area contributed by atoms with Gasteiger partial charge < -0.3 is 44.3 Å². The van der Waals surface area contributed by atoms with Gasteiger partial charge in [-0.05, 0) is 30.5 Å². The molecule has 4 N–H and O–H groups in total. The van der Waals surface area contributed by atoms with Crippen LogP contribution in [0, 0.1) is 34.5 Å². The van der Waals surface area contributed by atoms with Gasteiger partial charge in [-0.3, -0.25) is 14.4 Å². The molecule has 4 aliphatic rings. The molecule has 1 heterocycles. The summed E-state index contributed by atoms with van der Waals surface area (Å²) >= 11 is 0. The van der Waals surface area contributed by atoms with Crippen LogP contribution in [0.4, 0.5) is 4.79 Å². The molecule has 0 aromatic heterocycles. The molecule has 58 heavy (non-hydrogen) atoms. The first kappa shape index (κ1) is 42.9. The van der Waals surface area contributed by atoms with Crippen molar-refractivity contribution in [2.45, 2.75) is 109 Å². The number of hydrogen-bond acceptors (Lipinski definition) is 14. The van der Waals surface area contributed by atoms with Crippen molar-refractivity contribution in [1.82, 2.24) is 5.32 Å². The molecule has 15 nitrogen and oxygen atoms in total. The van der Waals surface area contributed by atoms with Gasteiger partial charge in [0.05, 0.1) is 42.3 Å². The van der Waals surface area contributed by atoms with Crippen LogP contribution in [0.15, 0.2) is 60.7 Å². The Morgan fingerprint density at radius 2 is 1.59 bits per heavy atom. The van der Waals surface area contributed by atoms with Crippen molar-refractivity contribution in [3.05, 3.63) is 71.8 Å². The molecule has 3 aliphatic carbocycles. The minimum Gasteiger partial charge on any atom is -0.460 e. The van der Waals surface area contributed by atoms with E-state index in [0.29, 0.717) is 5.56 Å². The number of benzene rings is 2. The van der Waals surface area contributed by atoms with Gasteiger partial charge in [-0.2, -0.15) is 0 Å². The van der Waals surface area contributed by atoms with Gasteiger partial charge in [-0.1, -0.05) is 83.1 Å². The number of rotatable bonds is 10. The lowest BCUT2D eigenvalue weighted by atomic mass is 9.42. The van der Waals surface area contributed by atoms with E-state index in [2.05, 4.69) is 5.32 Å². The number of carbonyl (C=O) groups excluding carboxylic acids is 6. The lowest BCUT2D eigenvalue weighted by molar-refractivity contribution is -0.350. The van der Waals surface area contributed by atoms with E-state index in [9.17, 15) is 44.1 Å². The number of ketones is 2. The number of carbonyl (C=O) groups is 6. The van der Waals surface area contributed by atoms with Crippen LogP contribution in [0.5, 0.6) is 0 Å². The molecule has 2 bridgehead atoms. The summed E-state index contributed by atoms with van der Waals surface area (Å²) in [5.74, 6) is -8.91. The van der Waals surface area contributed by atoms with Gasteiger partial charge in [0.2, 0.25) is 11.6 Å². The maximum absolute atomic E-state index is 14.9. The van der Waals surface area contributed by atoms with Crippen LogP contribution >= 0.6 is 0 Å². The first-order valence-corrected chi connectivity index (χ1v) is 19.6. The normalized spacial score (nSPS) is 34.7. The highest BCUT2D eigenvalue weighted by Gasteiger charge is 2.79. The van der Waals surface area contributed by atoms with Gasteiger partial charge in [0, 0.05) is 37.0 Å². The lowest BCUT2D eigenvalue weighted by Gasteiger charge is -2.67. The first-order valence-electron chi connectivity index (χ1n) is 19.6. The fourth-order valence-corrected chi connectivity index (χ4v) is 9.85. The second-order valence-electron chi connectivity index (χ2n) is 17.4. The molecule has 0 radical (unpaired) electrons. The number of aliphatic hydroxyl groups is 3. The Labute approximate surface area is 336 Å². The Balaban J connectivity index is 1.45. The third kappa shape index (κ3) is 7.09. The van der Waals surface area contributed by atoms with Gasteiger partial charge in [-0.25, -0.2) is 14.4 Å². The van der Waals surface area contributed by atoms with Crippen LogP contribution < -0.4 is 5.32 Å². The fraction of sp³-hybridized carbons (Fsp3) is 0.581. The van der Waals surface area contributed by atoms with E-state index in [4.69, 9.17) is 23.7 Å². The highest BCUT2D eigenvalue weighted by atomic mass is 16.6. The molecule has 2 aromatic carbocycles.